The third-order valence-corrected chi connectivity index (χ3v) is 4.42. The molecule has 0 aliphatic rings. The minimum atomic E-state index is -0.173. The van der Waals surface area contributed by atoms with Crippen molar-refractivity contribution in [2.45, 2.75) is 18.8 Å². The predicted octanol–water partition coefficient (Wildman–Crippen LogP) is 4.34. The number of nitrogens with one attached hydrogen (secondary N) is 1. The normalized spacial score (nSPS) is 10.5. The zero-order valence-corrected chi connectivity index (χ0v) is 15.5. The molecule has 2 aromatic carbocycles. The molecule has 0 radical (unpaired) electrons. The van der Waals surface area contributed by atoms with E-state index >= 15 is 0 Å². The average molecular weight is 390 g/mol. The fourth-order valence-electron chi connectivity index (χ4n) is 2.07. The van der Waals surface area contributed by atoms with Gasteiger partial charge in [-0.25, -0.2) is 0 Å². The number of hydrogen-bond acceptors (Lipinski definition) is 6. The van der Waals surface area contributed by atoms with Crippen molar-refractivity contribution in [2.75, 3.05) is 11.1 Å². The molecule has 0 bridgehead atoms. The van der Waals surface area contributed by atoms with Gasteiger partial charge < -0.3 is 14.5 Å². The van der Waals surface area contributed by atoms with E-state index in [0.29, 0.717) is 21.8 Å². The maximum atomic E-state index is 11.9. The Morgan fingerprint density at radius 2 is 1.96 bits per heavy atom. The van der Waals surface area contributed by atoms with Crippen LogP contribution in [0.25, 0.3) is 0 Å². The monoisotopic (exact) mass is 389 g/mol. The maximum Gasteiger partial charge on any atom is 0.277 e. The Hall–Kier alpha value is -2.51. The first-order valence-corrected chi connectivity index (χ1v) is 9.15. The SMILES string of the molecule is Cc1ccccc1OCc1nnc(SCC(=O)Nc2ccc(Cl)cc2)o1. The second-order valence-electron chi connectivity index (χ2n) is 5.36. The number of carbonyl (C=O) groups is 1. The zero-order chi connectivity index (χ0) is 18.4. The van der Waals surface area contributed by atoms with Crippen molar-refractivity contribution >= 4 is 35.0 Å². The fraction of sp³-hybridized carbons (Fsp3) is 0.167. The largest absolute Gasteiger partial charge is 0.484 e. The van der Waals surface area contributed by atoms with Gasteiger partial charge in [0, 0.05) is 10.7 Å². The van der Waals surface area contributed by atoms with Crippen LogP contribution in [0, 0.1) is 6.92 Å². The van der Waals surface area contributed by atoms with Crippen LogP contribution in [0.5, 0.6) is 5.75 Å². The van der Waals surface area contributed by atoms with E-state index in [2.05, 4.69) is 15.5 Å². The van der Waals surface area contributed by atoms with E-state index in [-0.39, 0.29) is 18.3 Å². The molecular weight excluding hydrogens is 374 g/mol. The number of halogens is 1. The molecular formula is C18H16ClN3O3S. The highest BCUT2D eigenvalue weighted by molar-refractivity contribution is 7.99. The third kappa shape index (κ3) is 5.24. The summed E-state index contributed by atoms with van der Waals surface area (Å²) in [4.78, 5) is 11.9. The molecule has 134 valence electrons. The van der Waals surface area contributed by atoms with Crippen LogP contribution in [-0.4, -0.2) is 21.9 Å². The highest BCUT2D eigenvalue weighted by Crippen LogP contribution is 2.20. The smallest absolute Gasteiger partial charge is 0.277 e. The summed E-state index contributed by atoms with van der Waals surface area (Å²) in [5.41, 5.74) is 1.71. The average Bonchev–Trinajstić information content (AvgIpc) is 3.09. The van der Waals surface area contributed by atoms with Crippen LogP contribution < -0.4 is 10.1 Å². The van der Waals surface area contributed by atoms with E-state index in [1.807, 2.05) is 31.2 Å². The summed E-state index contributed by atoms with van der Waals surface area (Å²) < 4.78 is 11.1. The Morgan fingerprint density at radius 1 is 1.19 bits per heavy atom. The van der Waals surface area contributed by atoms with Gasteiger partial charge in [-0.05, 0) is 42.8 Å². The molecule has 6 nitrogen and oxygen atoms in total. The molecule has 0 saturated heterocycles. The third-order valence-electron chi connectivity index (χ3n) is 3.35. The molecule has 0 fully saturated rings. The van der Waals surface area contributed by atoms with Crippen molar-refractivity contribution in [3.8, 4) is 5.75 Å². The summed E-state index contributed by atoms with van der Waals surface area (Å²) in [6.45, 7) is 2.14. The highest BCUT2D eigenvalue weighted by Gasteiger charge is 2.11. The van der Waals surface area contributed by atoms with Crippen molar-refractivity contribution in [1.82, 2.24) is 10.2 Å². The molecule has 26 heavy (non-hydrogen) atoms. The van der Waals surface area contributed by atoms with Gasteiger partial charge in [-0.3, -0.25) is 4.79 Å². The minimum absolute atomic E-state index is 0.156. The summed E-state index contributed by atoms with van der Waals surface area (Å²) in [6.07, 6.45) is 0. The van der Waals surface area contributed by atoms with Crippen LogP contribution in [-0.2, 0) is 11.4 Å². The van der Waals surface area contributed by atoms with Crippen LogP contribution >= 0.6 is 23.4 Å². The van der Waals surface area contributed by atoms with Gasteiger partial charge in [0.15, 0.2) is 6.61 Å². The molecule has 1 heterocycles. The van der Waals surface area contributed by atoms with Gasteiger partial charge in [0.05, 0.1) is 5.75 Å². The first kappa shape index (κ1) is 18.3. The lowest BCUT2D eigenvalue weighted by molar-refractivity contribution is -0.113. The highest BCUT2D eigenvalue weighted by atomic mass is 35.5. The Morgan fingerprint density at radius 3 is 2.73 bits per heavy atom. The van der Waals surface area contributed by atoms with E-state index in [4.69, 9.17) is 20.8 Å². The van der Waals surface area contributed by atoms with Gasteiger partial charge in [0.25, 0.3) is 11.1 Å². The second kappa shape index (κ2) is 8.73. The summed E-state index contributed by atoms with van der Waals surface area (Å²) in [5.74, 6) is 1.10. The number of carbonyl (C=O) groups excluding carboxylic acids is 1. The number of thioether (sulfide) groups is 1. The van der Waals surface area contributed by atoms with Crippen LogP contribution in [0.1, 0.15) is 11.5 Å². The molecule has 1 amide bonds. The molecule has 1 N–H and O–H groups in total. The number of ether oxygens (including phenoxy) is 1. The van der Waals surface area contributed by atoms with Crippen molar-refractivity contribution in [1.29, 1.82) is 0 Å². The van der Waals surface area contributed by atoms with Gasteiger partial charge >= 0.3 is 0 Å². The minimum Gasteiger partial charge on any atom is -0.484 e. The van der Waals surface area contributed by atoms with Gasteiger partial charge in [-0.15, -0.1) is 10.2 Å². The van der Waals surface area contributed by atoms with E-state index in [1.165, 1.54) is 0 Å². The first-order chi connectivity index (χ1) is 12.6. The van der Waals surface area contributed by atoms with Crippen LogP contribution in [0.4, 0.5) is 5.69 Å². The summed E-state index contributed by atoms with van der Waals surface area (Å²) in [7, 11) is 0. The fourth-order valence-corrected chi connectivity index (χ4v) is 2.78. The molecule has 1 aromatic heterocycles. The number of aromatic nitrogens is 2. The van der Waals surface area contributed by atoms with Gasteiger partial charge in [0.2, 0.25) is 5.91 Å². The Labute approximate surface area is 159 Å². The number of benzene rings is 2. The number of para-hydroxylation sites is 1. The van der Waals surface area contributed by atoms with Crippen LogP contribution in [0.2, 0.25) is 5.02 Å². The molecule has 0 spiro atoms. The maximum absolute atomic E-state index is 11.9. The number of rotatable bonds is 7. The van der Waals surface area contributed by atoms with Gasteiger partial charge in [-0.2, -0.15) is 0 Å². The van der Waals surface area contributed by atoms with Gasteiger partial charge in [0.1, 0.15) is 5.75 Å². The zero-order valence-electron chi connectivity index (χ0n) is 13.9. The molecule has 0 atom stereocenters. The lowest BCUT2D eigenvalue weighted by Crippen LogP contribution is -2.13. The Balaban J connectivity index is 1.46. The standard InChI is InChI=1S/C18H16ClN3O3S/c1-12-4-2-3-5-15(12)24-10-17-21-22-18(25-17)26-11-16(23)20-14-8-6-13(19)7-9-14/h2-9H,10-11H2,1H3,(H,20,23). The first-order valence-electron chi connectivity index (χ1n) is 7.79. The predicted molar refractivity (Wildman–Crippen MR) is 101 cm³/mol. The molecule has 0 saturated carbocycles. The summed E-state index contributed by atoms with van der Waals surface area (Å²) >= 11 is 6.97. The van der Waals surface area contributed by atoms with E-state index < -0.39 is 0 Å². The number of aryl methyl sites for hydroxylation is 1. The Kier molecular flexibility index (Phi) is 6.14. The van der Waals surface area contributed by atoms with Crippen molar-refractivity contribution < 1.29 is 13.9 Å². The molecule has 3 rings (SSSR count). The van der Waals surface area contributed by atoms with Crippen LogP contribution in [0.15, 0.2) is 58.2 Å². The van der Waals surface area contributed by atoms with Crippen LogP contribution in [0.3, 0.4) is 0 Å². The number of hydrogen-bond donors (Lipinski definition) is 1. The number of anilines is 1. The topological polar surface area (TPSA) is 77.2 Å². The second-order valence-corrected chi connectivity index (χ2v) is 6.72. The molecule has 0 unspecified atom stereocenters. The number of amides is 1. The molecule has 0 aliphatic heterocycles. The van der Waals surface area contributed by atoms with E-state index in [9.17, 15) is 4.79 Å². The van der Waals surface area contributed by atoms with Crippen molar-refractivity contribution in [3.05, 3.63) is 65.0 Å². The Bertz CT molecular complexity index is 883. The van der Waals surface area contributed by atoms with E-state index in [0.717, 1.165) is 23.1 Å². The van der Waals surface area contributed by atoms with E-state index in [1.54, 1.807) is 24.3 Å². The summed E-state index contributed by atoms with van der Waals surface area (Å²) in [6, 6.07) is 14.6. The van der Waals surface area contributed by atoms with Crippen molar-refractivity contribution in [2.24, 2.45) is 0 Å². The summed E-state index contributed by atoms with van der Waals surface area (Å²) in [5, 5.41) is 11.5. The lowest BCUT2D eigenvalue weighted by Gasteiger charge is -2.05. The molecule has 3 aromatic rings. The van der Waals surface area contributed by atoms with Gasteiger partial charge in [-0.1, -0.05) is 41.6 Å². The number of nitrogens with zero attached hydrogens (tertiary/aromatic N) is 2. The quantitative estimate of drug-likeness (QED) is 0.605. The molecule has 8 heteroatoms. The van der Waals surface area contributed by atoms with Crippen molar-refractivity contribution in [3.63, 3.8) is 0 Å². The molecule has 0 aliphatic carbocycles. The lowest BCUT2D eigenvalue weighted by atomic mass is 10.2.